The summed E-state index contributed by atoms with van der Waals surface area (Å²) in [5.74, 6) is 0.820. The van der Waals surface area contributed by atoms with Crippen molar-refractivity contribution in [2.24, 2.45) is 21.7 Å². The minimum atomic E-state index is -0.561. The zero-order valence-corrected chi connectivity index (χ0v) is 31.6. The molecule has 0 saturated heterocycles. The monoisotopic (exact) mass is 715 g/mol. The molecule has 0 spiro atoms. The van der Waals surface area contributed by atoms with Gasteiger partial charge in [-0.25, -0.2) is 0 Å². The van der Waals surface area contributed by atoms with Crippen LogP contribution in [0.5, 0.6) is 0 Å². The molecule has 0 aromatic rings. The molecule has 0 heterocycles. The Bertz CT molecular complexity index is 1130. The first-order valence-electron chi connectivity index (χ1n) is 14.3. The summed E-state index contributed by atoms with van der Waals surface area (Å²) in [7, 11) is 0. The first-order chi connectivity index (χ1) is 21.0. The van der Waals surface area contributed by atoms with Crippen LogP contribution in [-0.4, -0.2) is 23.9 Å². The van der Waals surface area contributed by atoms with Crippen LogP contribution in [0.25, 0.3) is 0 Å². The second-order valence-corrected chi connectivity index (χ2v) is 14.1. The van der Waals surface area contributed by atoms with E-state index >= 15 is 0 Å². The van der Waals surface area contributed by atoms with E-state index in [1.807, 2.05) is 12.2 Å². The smallest absolute Gasteiger partial charge is 0 e. The number of hydrogen-bond acceptors (Lipinski definition) is 8. The van der Waals surface area contributed by atoms with Crippen LogP contribution in [0.15, 0.2) is 47.3 Å². The predicted octanol–water partition coefficient (Wildman–Crippen LogP) is 7.79. The Balaban J connectivity index is -0.000000214. The minimum Gasteiger partial charge on any atom is -0.358 e. The molecule has 12 heteroatoms. The van der Waals surface area contributed by atoms with Crippen molar-refractivity contribution in [2.45, 2.75) is 109 Å². The zero-order valence-electron chi connectivity index (χ0n) is 30.5. The summed E-state index contributed by atoms with van der Waals surface area (Å²) in [4.78, 5) is 47.3. The molecule has 0 fully saturated rings. The average Bonchev–Trinajstić information content (AvgIpc) is 2.95. The van der Waals surface area contributed by atoms with Crippen LogP contribution in [0.3, 0.4) is 0 Å². The SMILES string of the molecule is CC(C)(C)C(=O)OC1=CCCC(OC(=O)C(C)(C)C)=C1.CC(C)(C)C(=O)OC1=CCCC(OC(=O)C(C)(C)C)=C1.[C-]#[O+].[C-]#[O+].[C-]#[O+].[CH3-].[Fe]. The number of allylic oxidation sites excluding steroid dienone is 6. The molecule has 0 aromatic heterocycles. The van der Waals surface area contributed by atoms with Crippen molar-refractivity contribution in [3.8, 4) is 0 Å². The fraction of sp³-hybridized carbons (Fsp3) is 0.556. The third kappa shape index (κ3) is 23.0. The average molecular weight is 716 g/mol. The van der Waals surface area contributed by atoms with Gasteiger partial charge in [0.2, 0.25) is 0 Å². The predicted molar refractivity (Wildman–Crippen MR) is 171 cm³/mol. The van der Waals surface area contributed by atoms with Crippen LogP contribution >= 0.6 is 0 Å². The minimum absolute atomic E-state index is 0. The number of carbonyl (C=O) groups excluding carboxylic acids is 4. The number of hydrogen-bond donors (Lipinski definition) is 0. The molecule has 11 nitrogen and oxygen atoms in total. The van der Waals surface area contributed by atoms with Crippen molar-refractivity contribution in [3.63, 3.8) is 0 Å². The maximum atomic E-state index is 11.8. The second-order valence-electron chi connectivity index (χ2n) is 14.1. The van der Waals surface area contributed by atoms with Crippen molar-refractivity contribution in [1.82, 2.24) is 0 Å². The number of rotatable bonds is 4. The van der Waals surface area contributed by atoms with E-state index in [0.29, 0.717) is 48.7 Å². The van der Waals surface area contributed by atoms with Crippen LogP contribution < -0.4 is 0 Å². The largest absolute Gasteiger partial charge is 0.358 e. The summed E-state index contributed by atoms with van der Waals surface area (Å²) in [5, 5.41) is 0. The molecule has 0 N–H and O–H groups in total. The maximum Gasteiger partial charge on any atom is 0 e. The van der Waals surface area contributed by atoms with Gasteiger partial charge in [-0.3, -0.25) is 19.2 Å². The van der Waals surface area contributed by atoms with Gasteiger partial charge >= 0.3 is 57.8 Å². The van der Waals surface area contributed by atoms with Crippen molar-refractivity contribution >= 4 is 23.9 Å². The van der Waals surface area contributed by atoms with E-state index in [2.05, 4.69) is 20.0 Å². The molecule has 2 aliphatic rings. The molecule has 0 aliphatic heterocycles. The summed E-state index contributed by atoms with van der Waals surface area (Å²) in [6.07, 6.45) is 9.56. The van der Waals surface area contributed by atoms with Crippen LogP contribution in [0.2, 0.25) is 0 Å². The topological polar surface area (TPSA) is 165 Å². The first kappa shape index (κ1) is 54.0. The van der Waals surface area contributed by atoms with Crippen molar-refractivity contribution in [3.05, 3.63) is 74.7 Å². The van der Waals surface area contributed by atoms with Crippen LogP contribution in [0, 0.1) is 49.0 Å². The summed E-state index contributed by atoms with van der Waals surface area (Å²) >= 11 is 0. The molecule has 0 radical (unpaired) electrons. The Morgan fingerprint density at radius 1 is 0.500 bits per heavy atom. The van der Waals surface area contributed by atoms with Gasteiger partial charge < -0.3 is 26.4 Å². The van der Waals surface area contributed by atoms with Gasteiger partial charge in [0.15, 0.2) is 0 Å². The quantitative estimate of drug-likeness (QED) is 0.0936. The number of ether oxygens (including phenoxy) is 4. The Morgan fingerprint density at radius 3 is 0.917 bits per heavy atom. The third-order valence-corrected chi connectivity index (χ3v) is 5.40. The standard InChI is InChI=1S/2C16H24O4.3CO.CH3.Fe/c2*1-15(2,3)13(17)19-11-8-7-9-12(10-11)20-14(18)16(4,5)6;3*1-2;;/h2*8,10H,7,9H2,1-6H3;;;;1H3;/q;;;;;-1;. The van der Waals surface area contributed by atoms with E-state index < -0.39 is 21.7 Å². The fourth-order valence-corrected chi connectivity index (χ4v) is 2.66. The van der Waals surface area contributed by atoms with Gasteiger partial charge in [0.25, 0.3) is 0 Å². The summed E-state index contributed by atoms with van der Waals surface area (Å²) in [6.45, 7) is 35.1. The zero-order chi connectivity index (χ0) is 37.1. The molecule has 2 rings (SSSR count). The van der Waals surface area contributed by atoms with E-state index in [0.717, 1.165) is 0 Å². The molecular weight excluding hydrogens is 664 g/mol. The number of carbonyl (C=O) groups is 4. The van der Waals surface area contributed by atoms with E-state index in [4.69, 9.17) is 32.9 Å². The van der Waals surface area contributed by atoms with Gasteiger partial charge in [0.1, 0.15) is 23.0 Å². The van der Waals surface area contributed by atoms with Crippen LogP contribution in [0.1, 0.15) is 109 Å². The summed E-state index contributed by atoms with van der Waals surface area (Å²) in [6, 6.07) is 0. The van der Waals surface area contributed by atoms with Crippen LogP contribution in [0.4, 0.5) is 0 Å². The van der Waals surface area contributed by atoms with Gasteiger partial charge in [-0.15, -0.1) is 0 Å². The molecule has 2 aliphatic carbocycles. The van der Waals surface area contributed by atoms with E-state index in [1.165, 1.54) is 0 Å². The van der Waals surface area contributed by atoms with Gasteiger partial charge in [-0.2, -0.15) is 0 Å². The van der Waals surface area contributed by atoms with Gasteiger partial charge in [-0.1, -0.05) is 0 Å². The Labute approximate surface area is 297 Å². The van der Waals surface area contributed by atoms with E-state index in [-0.39, 0.29) is 48.4 Å². The summed E-state index contributed by atoms with van der Waals surface area (Å²) in [5.41, 5.74) is -2.22. The van der Waals surface area contributed by atoms with Gasteiger partial charge in [-0.05, 0) is 108 Å². The molecule has 0 saturated carbocycles. The molecule has 48 heavy (non-hydrogen) atoms. The molecular formula is C36H51FeO11-. The maximum absolute atomic E-state index is 11.8. The van der Waals surface area contributed by atoms with Gasteiger partial charge in [0.05, 0.1) is 21.7 Å². The molecule has 0 unspecified atom stereocenters. The third-order valence-electron chi connectivity index (χ3n) is 5.40. The van der Waals surface area contributed by atoms with Crippen LogP contribution in [-0.2, 0) is 69.2 Å². The Kier molecular flexibility index (Phi) is 27.8. The normalized spacial score (nSPS) is 13.5. The van der Waals surface area contributed by atoms with Crippen molar-refractivity contribution < 1.29 is 69.2 Å². The summed E-state index contributed by atoms with van der Waals surface area (Å²) < 4.78 is 43.8. The number of esters is 4. The molecule has 270 valence electrons. The fourth-order valence-electron chi connectivity index (χ4n) is 2.66. The van der Waals surface area contributed by atoms with Crippen molar-refractivity contribution in [1.29, 1.82) is 0 Å². The molecule has 0 bridgehead atoms. The van der Waals surface area contributed by atoms with E-state index in [9.17, 15) is 19.2 Å². The Hall–Kier alpha value is -3.42. The second kappa shape index (κ2) is 24.7. The van der Waals surface area contributed by atoms with E-state index in [1.54, 1.807) is 95.2 Å². The molecule has 0 atom stereocenters. The Morgan fingerprint density at radius 2 is 0.708 bits per heavy atom. The molecule has 0 amide bonds. The first-order valence-corrected chi connectivity index (χ1v) is 14.3. The van der Waals surface area contributed by atoms with Crippen molar-refractivity contribution in [2.75, 3.05) is 0 Å². The molecule has 0 aromatic carbocycles. The van der Waals surface area contributed by atoms with Gasteiger partial charge in [0, 0.05) is 42.1 Å².